The van der Waals surface area contributed by atoms with Crippen LogP contribution in [0.5, 0.6) is 5.75 Å². The largest absolute Gasteiger partial charge is 0.497 e. The van der Waals surface area contributed by atoms with E-state index in [1.807, 2.05) is 60.0 Å². The minimum atomic E-state index is 0.504. The van der Waals surface area contributed by atoms with Crippen molar-refractivity contribution < 1.29 is 4.74 Å². The predicted octanol–water partition coefficient (Wildman–Crippen LogP) is 4.63. The van der Waals surface area contributed by atoms with E-state index >= 15 is 0 Å². The van der Waals surface area contributed by atoms with Gasteiger partial charge in [-0.3, -0.25) is 0 Å². The molecule has 1 heterocycles. The number of nitrogens with one attached hydrogen (secondary N) is 2. The number of hydrogen-bond donors (Lipinski definition) is 2. The van der Waals surface area contributed by atoms with Gasteiger partial charge in [-0.05, 0) is 36.5 Å². The first-order chi connectivity index (χ1) is 11.2. The number of hydrogen-bond acceptors (Lipinski definition) is 4. The number of nitrogens with zero attached hydrogens (tertiary/aromatic N) is 1. The lowest BCUT2D eigenvalue weighted by molar-refractivity contribution is 0.415. The van der Waals surface area contributed by atoms with Crippen LogP contribution in [0.15, 0.2) is 60.0 Å². The Morgan fingerprint density at radius 2 is 1.78 bits per heavy atom. The summed E-state index contributed by atoms with van der Waals surface area (Å²) in [4.78, 5) is 4.55. The normalized spacial score (nSPS) is 10.1. The van der Waals surface area contributed by atoms with E-state index in [1.165, 1.54) is 11.3 Å². The third kappa shape index (κ3) is 4.06. The average Bonchev–Trinajstić information content (AvgIpc) is 3.04. The van der Waals surface area contributed by atoms with Crippen LogP contribution in [0.25, 0.3) is 11.3 Å². The van der Waals surface area contributed by atoms with Gasteiger partial charge in [0.15, 0.2) is 10.2 Å². The van der Waals surface area contributed by atoms with Crippen molar-refractivity contribution in [3.05, 3.63) is 60.0 Å². The van der Waals surface area contributed by atoms with Gasteiger partial charge in [-0.1, -0.05) is 30.3 Å². The number of anilines is 2. The molecule has 1 aromatic heterocycles. The highest BCUT2D eigenvalue weighted by Gasteiger charge is 2.06. The topological polar surface area (TPSA) is 46.2 Å². The minimum Gasteiger partial charge on any atom is -0.497 e. The fourth-order valence-corrected chi connectivity index (χ4v) is 3.01. The number of methoxy groups -OCH3 is 1. The van der Waals surface area contributed by atoms with Gasteiger partial charge in [-0.15, -0.1) is 11.3 Å². The second-order valence-corrected chi connectivity index (χ2v) is 5.98. The maximum atomic E-state index is 5.32. The van der Waals surface area contributed by atoms with Gasteiger partial charge in [0, 0.05) is 16.6 Å². The van der Waals surface area contributed by atoms with Crippen molar-refractivity contribution >= 4 is 39.5 Å². The van der Waals surface area contributed by atoms with Crippen molar-refractivity contribution in [3.8, 4) is 17.0 Å². The highest BCUT2D eigenvalue weighted by Crippen LogP contribution is 2.24. The van der Waals surface area contributed by atoms with Crippen LogP contribution >= 0.6 is 23.6 Å². The lowest BCUT2D eigenvalue weighted by atomic mass is 10.2. The molecule has 0 aliphatic rings. The van der Waals surface area contributed by atoms with Crippen LogP contribution in [0.3, 0.4) is 0 Å². The van der Waals surface area contributed by atoms with E-state index in [-0.39, 0.29) is 0 Å². The zero-order valence-electron chi connectivity index (χ0n) is 12.4. The molecule has 23 heavy (non-hydrogen) atoms. The summed E-state index contributed by atoms with van der Waals surface area (Å²) in [5.41, 5.74) is 2.92. The summed E-state index contributed by atoms with van der Waals surface area (Å²) >= 11 is 6.84. The van der Waals surface area contributed by atoms with Crippen molar-refractivity contribution in [2.24, 2.45) is 0 Å². The third-order valence-electron chi connectivity index (χ3n) is 3.14. The second kappa shape index (κ2) is 7.21. The molecule has 3 aromatic rings. The molecule has 2 N–H and O–H groups in total. The van der Waals surface area contributed by atoms with E-state index in [2.05, 4.69) is 15.6 Å². The Labute approximate surface area is 144 Å². The van der Waals surface area contributed by atoms with Gasteiger partial charge in [0.2, 0.25) is 0 Å². The van der Waals surface area contributed by atoms with Gasteiger partial charge in [0.05, 0.1) is 12.8 Å². The molecule has 0 aliphatic carbocycles. The fourth-order valence-electron chi connectivity index (χ4n) is 2.01. The molecule has 0 spiro atoms. The van der Waals surface area contributed by atoms with Crippen LogP contribution in [0.2, 0.25) is 0 Å². The second-order valence-electron chi connectivity index (χ2n) is 4.71. The molecule has 0 fully saturated rings. The summed E-state index contributed by atoms with van der Waals surface area (Å²) in [5, 5.41) is 9.50. The number of ether oxygens (including phenoxy) is 1. The molecule has 0 saturated carbocycles. The van der Waals surface area contributed by atoms with Crippen molar-refractivity contribution in [3.63, 3.8) is 0 Å². The van der Waals surface area contributed by atoms with Crippen molar-refractivity contribution in [2.75, 3.05) is 17.7 Å². The van der Waals surface area contributed by atoms with Crippen LogP contribution in [-0.4, -0.2) is 17.2 Å². The molecule has 116 valence electrons. The highest BCUT2D eigenvalue weighted by atomic mass is 32.1. The van der Waals surface area contributed by atoms with Gasteiger partial charge < -0.3 is 15.4 Å². The Balaban J connectivity index is 1.63. The number of rotatable bonds is 4. The SMILES string of the molecule is COc1ccc(NC(=S)Nc2nc(-c3ccccc3)cs2)cc1. The minimum absolute atomic E-state index is 0.504. The summed E-state index contributed by atoms with van der Waals surface area (Å²) < 4.78 is 5.13. The van der Waals surface area contributed by atoms with E-state index in [0.29, 0.717) is 5.11 Å². The maximum absolute atomic E-state index is 5.32. The first-order valence-corrected chi connectivity index (χ1v) is 8.26. The van der Waals surface area contributed by atoms with E-state index in [1.54, 1.807) is 7.11 Å². The summed E-state index contributed by atoms with van der Waals surface area (Å²) in [5.74, 6) is 0.807. The molecule has 0 bridgehead atoms. The molecule has 2 aromatic carbocycles. The molecular weight excluding hydrogens is 326 g/mol. The van der Waals surface area contributed by atoms with Gasteiger partial charge in [0.25, 0.3) is 0 Å². The number of thiazole rings is 1. The predicted molar refractivity (Wildman–Crippen MR) is 100 cm³/mol. The lowest BCUT2D eigenvalue weighted by Gasteiger charge is -2.08. The lowest BCUT2D eigenvalue weighted by Crippen LogP contribution is -2.18. The molecular formula is C17H15N3OS2. The van der Waals surface area contributed by atoms with Crippen LogP contribution in [0.1, 0.15) is 0 Å². The molecule has 3 rings (SSSR count). The Kier molecular flexibility index (Phi) is 4.85. The standard InChI is InChI=1S/C17H15N3OS2/c1-21-14-9-7-13(8-10-14)18-16(22)20-17-19-15(11-23-17)12-5-3-2-4-6-12/h2-11H,1H3,(H2,18,19,20,22). The van der Waals surface area contributed by atoms with Gasteiger partial charge in [-0.2, -0.15) is 0 Å². The van der Waals surface area contributed by atoms with E-state index in [4.69, 9.17) is 17.0 Å². The summed E-state index contributed by atoms with van der Waals surface area (Å²) in [6.07, 6.45) is 0. The first-order valence-electron chi connectivity index (χ1n) is 6.97. The molecule has 0 saturated heterocycles. The zero-order valence-corrected chi connectivity index (χ0v) is 14.1. The number of benzene rings is 2. The third-order valence-corrected chi connectivity index (χ3v) is 4.10. The van der Waals surface area contributed by atoms with E-state index in [0.717, 1.165) is 27.8 Å². The number of thiocarbonyl (C=S) groups is 1. The highest BCUT2D eigenvalue weighted by molar-refractivity contribution is 7.80. The summed E-state index contributed by atoms with van der Waals surface area (Å²) in [6.45, 7) is 0. The van der Waals surface area contributed by atoms with Crippen LogP contribution in [0, 0.1) is 0 Å². The molecule has 0 aliphatic heterocycles. The molecule has 0 atom stereocenters. The maximum Gasteiger partial charge on any atom is 0.189 e. The monoisotopic (exact) mass is 341 g/mol. The van der Waals surface area contributed by atoms with Gasteiger partial charge in [-0.25, -0.2) is 4.98 Å². The van der Waals surface area contributed by atoms with E-state index in [9.17, 15) is 0 Å². The zero-order chi connectivity index (χ0) is 16.1. The first kappa shape index (κ1) is 15.5. The van der Waals surface area contributed by atoms with Crippen LogP contribution in [0.4, 0.5) is 10.8 Å². The Hall–Kier alpha value is -2.44. The average molecular weight is 341 g/mol. The van der Waals surface area contributed by atoms with E-state index < -0.39 is 0 Å². The fraction of sp³-hybridized carbons (Fsp3) is 0.0588. The van der Waals surface area contributed by atoms with Crippen molar-refractivity contribution in [1.29, 1.82) is 0 Å². The molecule has 6 heteroatoms. The molecule has 0 amide bonds. The van der Waals surface area contributed by atoms with Crippen molar-refractivity contribution in [2.45, 2.75) is 0 Å². The smallest absolute Gasteiger partial charge is 0.189 e. The Morgan fingerprint density at radius 3 is 2.48 bits per heavy atom. The van der Waals surface area contributed by atoms with Crippen molar-refractivity contribution in [1.82, 2.24) is 4.98 Å². The Morgan fingerprint density at radius 1 is 1.04 bits per heavy atom. The van der Waals surface area contributed by atoms with Gasteiger partial charge >= 0.3 is 0 Å². The quantitative estimate of drug-likeness (QED) is 0.678. The summed E-state index contributed by atoms with van der Waals surface area (Å²) in [7, 11) is 1.64. The van der Waals surface area contributed by atoms with Gasteiger partial charge in [0.1, 0.15) is 5.75 Å². The van der Waals surface area contributed by atoms with Crippen LogP contribution < -0.4 is 15.4 Å². The summed E-state index contributed by atoms with van der Waals surface area (Å²) in [6, 6.07) is 17.6. The molecule has 0 radical (unpaired) electrons. The van der Waals surface area contributed by atoms with Crippen LogP contribution in [-0.2, 0) is 0 Å². The molecule has 4 nitrogen and oxygen atoms in total. The Bertz CT molecular complexity index is 785. The number of aromatic nitrogens is 1. The molecule has 0 unspecified atom stereocenters.